The summed E-state index contributed by atoms with van der Waals surface area (Å²) in [6, 6.07) is 4.86. The van der Waals surface area contributed by atoms with Gasteiger partial charge in [0.1, 0.15) is 5.82 Å². The number of aromatic nitrogens is 1. The summed E-state index contributed by atoms with van der Waals surface area (Å²) >= 11 is 0. The highest BCUT2D eigenvalue weighted by Gasteiger charge is 2.14. The SMILES string of the molecule is CC(C)(C)c1ccc(NCC2CCCCN2)nc1. The van der Waals surface area contributed by atoms with Crippen LogP contribution >= 0.6 is 0 Å². The van der Waals surface area contributed by atoms with Crippen LogP contribution in [-0.2, 0) is 5.41 Å². The molecule has 0 aliphatic carbocycles. The van der Waals surface area contributed by atoms with E-state index >= 15 is 0 Å². The van der Waals surface area contributed by atoms with Crippen LogP contribution in [0.15, 0.2) is 18.3 Å². The second-order valence-electron chi connectivity index (χ2n) is 6.21. The topological polar surface area (TPSA) is 37.0 Å². The molecule has 1 aromatic rings. The van der Waals surface area contributed by atoms with Crippen molar-refractivity contribution in [2.45, 2.75) is 51.5 Å². The minimum Gasteiger partial charge on any atom is -0.369 e. The first-order chi connectivity index (χ1) is 8.55. The molecule has 100 valence electrons. The second kappa shape index (κ2) is 5.70. The van der Waals surface area contributed by atoms with Crippen molar-refractivity contribution < 1.29 is 0 Å². The first-order valence-electron chi connectivity index (χ1n) is 6.99. The molecular formula is C15H25N3. The minimum absolute atomic E-state index is 0.177. The molecule has 1 saturated heterocycles. The molecule has 1 aliphatic rings. The van der Waals surface area contributed by atoms with Crippen LogP contribution in [0, 0.1) is 0 Å². The van der Waals surface area contributed by atoms with E-state index in [9.17, 15) is 0 Å². The van der Waals surface area contributed by atoms with E-state index in [1.807, 2.05) is 6.20 Å². The van der Waals surface area contributed by atoms with Gasteiger partial charge in [0, 0.05) is 18.8 Å². The van der Waals surface area contributed by atoms with Crippen LogP contribution in [0.25, 0.3) is 0 Å². The monoisotopic (exact) mass is 247 g/mol. The summed E-state index contributed by atoms with van der Waals surface area (Å²) < 4.78 is 0. The average Bonchev–Trinajstić information content (AvgIpc) is 2.37. The molecule has 0 saturated carbocycles. The molecule has 1 unspecified atom stereocenters. The van der Waals surface area contributed by atoms with E-state index in [0.29, 0.717) is 6.04 Å². The lowest BCUT2D eigenvalue weighted by molar-refractivity contribution is 0.414. The van der Waals surface area contributed by atoms with Crippen molar-refractivity contribution in [1.29, 1.82) is 0 Å². The molecule has 18 heavy (non-hydrogen) atoms. The zero-order chi connectivity index (χ0) is 13.0. The van der Waals surface area contributed by atoms with Crippen molar-refractivity contribution in [3.05, 3.63) is 23.9 Å². The fourth-order valence-electron chi connectivity index (χ4n) is 2.27. The quantitative estimate of drug-likeness (QED) is 0.862. The van der Waals surface area contributed by atoms with Crippen molar-refractivity contribution >= 4 is 5.82 Å². The van der Waals surface area contributed by atoms with E-state index in [2.05, 4.69) is 48.5 Å². The van der Waals surface area contributed by atoms with Crippen molar-refractivity contribution in [2.24, 2.45) is 0 Å². The van der Waals surface area contributed by atoms with Gasteiger partial charge in [-0.25, -0.2) is 4.98 Å². The highest BCUT2D eigenvalue weighted by atomic mass is 15.0. The smallest absolute Gasteiger partial charge is 0.125 e. The lowest BCUT2D eigenvalue weighted by atomic mass is 9.88. The zero-order valence-electron chi connectivity index (χ0n) is 11.8. The van der Waals surface area contributed by atoms with Crippen molar-refractivity contribution in [3.63, 3.8) is 0 Å². The standard InChI is InChI=1S/C15H25N3/c1-15(2,3)12-7-8-14(17-10-12)18-11-13-6-4-5-9-16-13/h7-8,10,13,16H,4-6,9,11H2,1-3H3,(H,17,18). The molecule has 0 radical (unpaired) electrons. The number of hydrogen-bond acceptors (Lipinski definition) is 3. The second-order valence-corrected chi connectivity index (χ2v) is 6.21. The van der Waals surface area contributed by atoms with Crippen LogP contribution in [-0.4, -0.2) is 24.1 Å². The van der Waals surface area contributed by atoms with Crippen molar-refractivity contribution in [2.75, 3.05) is 18.4 Å². The third kappa shape index (κ3) is 3.70. The van der Waals surface area contributed by atoms with Gasteiger partial charge in [-0.05, 0) is 36.4 Å². The molecule has 2 heterocycles. The molecule has 1 aliphatic heterocycles. The van der Waals surface area contributed by atoms with Gasteiger partial charge in [-0.2, -0.15) is 0 Å². The molecule has 2 rings (SSSR count). The minimum atomic E-state index is 0.177. The van der Waals surface area contributed by atoms with E-state index in [4.69, 9.17) is 0 Å². The van der Waals surface area contributed by atoms with Crippen LogP contribution in [0.5, 0.6) is 0 Å². The van der Waals surface area contributed by atoms with Crippen LogP contribution in [0.4, 0.5) is 5.82 Å². The van der Waals surface area contributed by atoms with Gasteiger partial charge < -0.3 is 10.6 Å². The Balaban J connectivity index is 1.86. The summed E-state index contributed by atoms with van der Waals surface area (Å²) in [5, 5.41) is 6.95. The summed E-state index contributed by atoms with van der Waals surface area (Å²) in [6.07, 6.45) is 5.91. The number of nitrogens with one attached hydrogen (secondary N) is 2. The van der Waals surface area contributed by atoms with Crippen molar-refractivity contribution in [1.82, 2.24) is 10.3 Å². The maximum Gasteiger partial charge on any atom is 0.125 e. The Morgan fingerprint density at radius 1 is 1.33 bits per heavy atom. The Morgan fingerprint density at radius 3 is 2.72 bits per heavy atom. The first kappa shape index (κ1) is 13.3. The van der Waals surface area contributed by atoms with Gasteiger partial charge in [-0.15, -0.1) is 0 Å². The number of pyridine rings is 1. The Bertz CT molecular complexity index is 358. The van der Waals surface area contributed by atoms with Gasteiger partial charge in [0.05, 0.1) is 0 Å². The van der Waals surface area contributed by atoms with Gasteiger partial charge in [0.2, 0.25) is 0 Å². The van der Waals surface area contributed by atoms with E-state index < -0.39 is 0 Å². The van der Waals surface area contributed by atoms with Gasteiger partial charge in [-0.3, -0.25) is 0 Å². The number of anilines is 1. The van der Waals surface area contributed by atoms with E-state index in [-0.39, 0.29) is 5.41 Å². The maximum atomic E-state index is 4.49. The number of hydrogen-bond donors (Lipinski definition) is 2. The summed E-state index contributed by atoms with van der Waals surface area (Å²) in [5.41, 5.74) is 1.46. The van der Waals surface area contributed by atoms with Gasteiger partial charge in [0.25, 0.3) is 0 Å². The maximum absolute atomic E-state index is 4.49. The summed E-state index contributed by atoms with van der Waals surface area (Å²) in [7, 11) is 0. The average molecular weight is 247 g/mol. The molecular weight excluding hydrogens is 222 g/mol. The molecule has 2 N–H and O–H groups in total. The Labute approximate surface area is 110 Å². The first-order valence-corrected chi connectivity index (χ1v) is 6.99. The summed E-state index contributed by atoms with van der Waals surface area (Å²) in [6.45, 7) is 8.76. The molecule has 1 aromatic heterocycles. The molecule has 3 heteroatoms. The molecule has 1 atom stereocenters. The molecule has 0 aromatic carbocycles. The molecule has 3 nitrogen and oxygen atoms in total. The van der Waals surface area contributed by atoms with Crippen LogP contribution in [0.1, 0.15) is 45.6 Å². The highest BCUT2D eigenvalue weighted by molar-refractivity contribution is 5.37. The molecule has 0 amide bonds. The normalized spacial score (nSPS) is 20.7. The predicted octanol–water partition coefficient (Wildman–Crippen LogP) is 2.93. The molecule has 0 spiro atoms. The lowest BCUT2D eigenvalue weighted by Crippen LogP contribution is -2.39. The Morgan fingerprint density at radius 2 is 2.17 bits per heavy atom. The van der Waals surface area contributed by atoms with Crippen molar-refractivity contribution in [3.8, 4) is 0 Å². The van der Waals surface area contributed by atoms with E-state index in [1.165, 1.54) is 24.8 Å². The molecule has 0 bridgehead atoms. The Hall–Kier alpha value is -1.09. The van der Waals surface area contributed by atoms with E-state index in [1.54, 1.807) is 0 Å². The lowest BCUT2D eigenvalue weighted by Gasteiger charge is -2.24. The van der Waals surface area contributed by atoms with E-state index in [0.717, 1.165) is 18.9 Å². The van der Waals surface area contributed by atoms with Crippen LogP contribution < -0.4 is 10.6 Å². The highest BCUT2D eigenvalue weighted by Crippen LogP contribution is 2.21. The van der Waals surface area contributed by atoms with Crippen LogP contribution in [0.2, 0.25) is 0 Å². The fourth-order valence-corrected chi connectivity index (χ4v) is 2.27. The van der Waals surface area contributed by atoms with Crippen LogP contribution in [0.3, 0.4) is 0 Å². The number of piperidine rings is 1. The third-order valence-corrected chi connectivity index (χ3v) is 3.57. The fraction of sp³-hybridized carbons (Fsp3) is 0.667. The zero-order valence-corrected chi connectivity index (χ0v) is 11.8. The largest absolute Gasteiger partial charge is 0.369 e. The van der Waals surface area contributed by atoms with Gasteiger partial charge in [0.15, 0.2) is 0 Å². The molecule has 1 fully saturated rings. The summed E-state index contributed by atoms with van der Waals surface area (Å²) in [4.78, 5) is 4.49. The Kier molecular flexibility index (Phi) is 4.23. The third-order valence-electron chi connectivity index (χ3n) is 3.57. The number of nitrogens with zero attached hydrogens (tertiary/aromatic N) is 1. The number of rotatable bonds is 3. The van der Waals surface area contributed by atoms with Gasteiger partial charge >= 0.3 is 0 Å². The summed E-state index contributed by atoms with van der Waals surface area (Å²) in [5.74, 6) is 0.982. The predicted molar refractivity (Wildman–Crippen MR) is 77.1 cm³/mol. The van der Waals surface area contributed by atoms with Gasteiger partial charge in [-0.1, -0.05) is 33.3 Å².